The van der Waals surface area contributed by atoms with Gasteiger partial charge < -0.3 is 5.32 Å². The first-order valence-electron chi connectivity index (χ1n) is 6.64. The van der Waals surface area contributed by atoms with Crippen molar-refractivity contribution in [3.05, 3.63) is 0 Å². The van der Waals surface area contributed by atoms with Crippen molar-refractivity contribution >= 4 is 0 Å². The topological polar surface area (TPSA) is 15.3 Å². The monoisotopic (exact) mass is 210 g/mol. The van der Waals surface area contributed by atoms with Crippen molar-refractivity contribution in [2.75, 3.05) is 19.6 Å². The van der Waals surface area contributed by atoms with Gasteiger partial charge in [0.15, 0.2) is 0 Å². The summed E-state index contributed by atoms with van der Waals surface area (Å²) in [6, 6.07) is 1.55. The first-order chi connectivity index (χ1) is 7.16. The average molecular weight is 210 g/mol. The number of hydrogen-bond donors (Lipinski definition) is 1. The van der Waals surface area contributed by atoms with Gasteiger partial charge in [-0.3, -0.25) is 4.90 Å². The summed E-state index contributed by atoms with van der Waals surface area (Å²) in [5.74, 6) is 1.86. The molecule has 0 aromatic carbocycles. The van der Waals surface area contributed by atoms with Crippen LogP contribution in [0.4, 0.5) is 0 Å². The quantitative estimate of drug-likeness (QED) is 0.764. The molecule has 0 aromatic rings. The van der Waals surface area contributed by atoms with Crippen LogP contribution in [0.15, 0.2) is 0 Å². The predicted octanol–water partition coefficient (Wildman–Crippen LogP) is 2.10. The molecule has 0 bridgehead atoms. The molecule has 88 valence electrons. The summed E-state index contributed by atoms with van der Waals surface area (Å²) in [7, 11) is 0. The summed E-state index contributed by atoms with van der Waals surface area (Å²) in [5.41, 5.74) is 0. The van der Waals surface area contributed by atoms with E-state index in [0.29, 0.717) is 6.04 Å². The molecule has 0 radical (unpaired) electrons. The fourth-order valence-electron chi connectivity index (χ4n) is 2.93. The van der Waals surface area contributed by atoms with Crippen LogP contribution in [0, 0.1) is 11.8 Å². The van der Waals surface area contributed by atoms with E-state index in [1.54, 1.807) is 0 Å². The summed E-state index contributed by atoms with van der Waals surface area (Å²) in [6.07, 6.45) is 4.30. The third-order valence-corrected chi connectivity index (χ3v) is 4.09. The molecule has 0 amide bonds. The van der Waals surface area contributed by atoms with Crippen molar-refractivity contribution in [2.45, 2.75) is 52.1 Å². The Balaban J connectivity index is 1.74. The zero-order valence-electron chi connectivity index (χ0n) is 10.5. The lowest BCUT2D eigenvalue weighted by molar-refractivity contribution is 0.0783. The Morgan fingerprint density at radius 1 is 1.27 bits per heavy atom. The van der Waals surface area contributed by atoms with Crippen LogP contribution in [-0.2, 0) is 0 Å². The third kappa shape index (κ3) is 2.73. The van der Waals surface area contributed by atoms with E-state index in [2.05, 4.69) is 31.0 Å². The van der Waals surface area contributed by atoms with Crippen LogP contribution < -0.4 is 5.32 Å². The molecule has 0 spiro atoms. The van der Waals surface area contributed by atoms with E-state index in [1.807, 2.05) is 0 Å². The second-order valence-electron chi connectivity index (χ2n) is 5.86. The van der Waals surface area contributed by atoms with Crippen molar-refractivity contribution in [1.29, 1.82) is 0 Å². The maximum atomic E-state index is 3.59. The van der Waals surface area contributed by atoms with Crippen LogP contribution in [-0.4, -0.2) is 36.6 Å². The highest BCUT2D eigenvalue weighted by Gasteiger charge is 2.37. The van der Waals surface area contributed by atoms with E-state index < -0.39 is 0 Å². The lowest BCUT2D eigenvalue weighted by Crippen LogP contribution is -2.50. The van der Waals surface area contributed by atoms with E-state index in [9.17, 15) is 0 Å². The smallest absolute Gasteiger partial charge is 0.0136 e. The van der Waals surface area contributed by atoms with Crippen LogP contribution in [0.3, 0.4) is 0 Å². The van der Waals surface area contributed by atoms with Crippen LogP contribution in [0.25, 0.3) is 0 Å². The second-order valence-corrected chi connectivity index (χ2v) is 5.86. The molecule has 1 saturated carbocycles. The van der Waals surface area contributed by atoms with Gasteiger partial charge in [0.2, 0.25) is 0 Å². The fraction of sp³-hybridized carbons (Fsp3) is 1.00. The third-order valence-electron chi connectivity index (χ3n) is 4.09. The van der Waals surface area contributed by atoms with Gasteiger partial charge in [0, 0.05) is 18.6 Å². The maximum Gasteiger partial charge on any atom is 0.0136 e. The molecule has 15 heavy (non-hydrogen) atoms. The standard InChI is InChI=1S/C13H26N2/c1-10(2)14-8-12-4-5-13(12)15-7-6-11(3)9-15/h10-14H,4-9H2,1-3H3. The summed E-state index contributed by atoms with van der Waals surface area (Å²) >= 11 is 0. The molecule has 2 rings (SSSR count). The molecule has 2 nitrogen and oxygen atoms in total. The van der Waals surface area contributed by atoms with Gasteiger partial charge in [-0.25, -0.2) is 0 Å². The first kappa shape index (κ1) is 11.4. The maximum absolute atomic E-state index is 3.59. The lowest BCUT2D eigenvalue weighted by Gasteiger charge is -2.43. The molecule has 1 saturated heterocycles. The minimum Gasteiger partial charge on any atom is -0.314 e. The van der Waals surface area contributed by atoms with E-state index in [1.165, 1.54) is 38.9 Å². The Kier molecular flexibility index (Phi) is 3.68. The van der Waals surface area contributed by atoms with Gasteiger partial charge >= 0.3 is 0 Å². The highest BCUT2D eigenvalue weighted by Crippen LogP contribution is 2.34. The van der Waals surface area contributed by atoms with Crippen molar-refractivity contribution in [1.82, 2.24) is 10.2 Å². The predicted molar refractivity (Wildman–Crippen MR) is 65.0 cm³/mol. The molecule has 3 atom stereocenters. The number of likely N-dealkylation sites (tertiary alicyclic amines) is 1. The molecule has 2 heteroatoms. The molecule has 0 aromatic heterocycles. The van der Waals surface area contributed by atoms with Crippen molar-refractivity contribution in [3.8, 4) is 0 Å². The van der Waals surface area contributed by atoms with Gasteiger partial charge in [-0.05, 0) is 44.2 Å². The Bertz CT molecular complexity index is 203. The zero-order chi connectivity index (χ0) is 10.8. The normalized spacial score (nSPS) is 37.2. The highest BCUT2D eigenvalue weighted by atomic mass is 15.2. The van der Waals surface area contributed by atoms with Gasteiger partial charge in [0.1, 0.15) is 0 Å². The second kappa shape index (κ2) is 4.84. The molecule has 2 aliphatic rings. The highest BCUT2D eigenvalue weighted by molar-refractivity contribution is 4.92. The molecular formula is C13H26N2. The largest absolute Gasteiger partial charge is 0.314 e. The first-order valence-corrected chi connectivity index (χ1v) is 6.64. The Labute approximate surface area is 94.4 Å². The lowest BCUT2D eigenvalue weighted by atomic mass is 9.78. The van der Waals surface area contributed by atoms with Crippen molar-refractivity contribution in [3.63, 3.8) is 0 Å². The average Bonchev–Trinajstić information content (AvgIpc) is 2.49. The summed E-state index contributed by atoms with van der Waals surface area (Å²) in [4.78, 5) is 2.74. The van der Waals surface area contributed by atoms with Crippen molar-refractivity contribution in [2.24, 2.45) is 11.8 Å². The number of hydrogen-bond acceptors (Lipinski definition) is 2. The fourth-order valence-corrected chi connectivity index (χ4v) is 2.93. The molecule has 1 N–H and O–H groups in total. The Morgan fingerprint density at radius 3 is 2.53 bits per heavy atom. The van der Waals surface area contributed by atoms with Gasteiger partial charge in [0.25, 0.3) is 0 Å². The van der Waals surface area contributed by atoms with Gasteiger partial charge in [-0.2, -0.15) is 0 Å². The van der Waals surface area contributed by atoms with Crippen LogP contribution >= 0.6 is 0 Å². The van der Waals surface area contributed by atoms with E-state index in [4.69, 9.17) is 0 Å². The van der Waals surface area contributed by atoms with Crippen LogP contribution in [0.2, 0.25) is 0 Å². The van der Waals surface area contributed by atoms with Gasteiger partial charge in [-0.1, -0.05) is 20.8 Å². The van der Waals surface area contributed by atoms with Gasteiger partial charge in [-0.15, -0.1) is 0 Å². The number of nitrogens with zero attached hydrogens (tertiary/aromatic N) is 1. The van der Waals surface area contributed by atoms with Gasteiger partial charge in [0.05, 0.1) is 0 Å². The van der Waals surface area contributed by atoms with E-state index >= 15 is 0 Å². The van der Waals surface area contributed by atoms with Crippen LogP contribution in [0.1, 0.15) is 40.0 Å². The summed E-state index contributed by atoms with van der Waals surface area (Å²) < 4.78 is 0. The van der Waals surface area contributed by atoms with Crippen LogP contribution in [0.5, 0.6) is 0 Å². The number of nitrogens with one attached hydrogen (secondary N) is 1. The number of rotatable bonds is 4. The molecule has 3 unspecified atom stereocenters. The Morgan fingerprint density at radius 2 is 2.07 bits per heavy atom. The SMILES string of the molecule is CC1CCN(C2CCC2CNC(C)C)C1. The van der Waals surface area contributed by atoms with Crippen molar-refractivity contribution < 1.29 is 0 Å². The molecule has 1 heterocycles. The zero-order valence-corrected chi connectivity index (χ0v) is 10.5. The minimum absolute atomic E-state index is 0.642. The van der Waals surface area contributed by atoms with E-state index in [0.717, 1.165) is 17.9 Å². The Hall–Kier alpha value is -0.0800. The van der Waals surface area contributed by atoms with E-state index in [-0.39, 0.29) is 0 Å². The molecule has 1 aliphatic heterocycles. The summed E-state index contributed by atoms with van der Waals surface area (Å²) in [5, 5.41) is 3.59. The minimum atomic E-state index is 0.642. The summed E-state index contributed by atoms with van der Waals surface area (Å²) in [6.45, 7) is 10.8. The molecule has 1 aliphatic carbocycles. The molecule has 2 fully saturated rings. The molecular weight excluding hydrogens is 184 g/mol.